The first-order chi connectivity index (χ1) is 11.0. The second-order valence-corrected chi connectivity index (χ2v) is 5.87. The van der Waals surface area contributed by atoms with Gasteiger partial charge in [-0.05, 0) is 54.8 Å². The third-order valence-corrected chi connectivity index (χ3v) is 4.29. The highest BCUT2D eigenvalue weighted by atomic mass is 16.5. The lowest BCUT2D eigenvalue weighted by atomic mass is 10.1. The number of hydrogen-bond acceptors (Lipinski definition) is 3. The summed E-state index contributed by atoms with van der Waals surface area (Å²) >= 11 is 0. The monoisotopic (exact) mass is 308 g/mol. The number of hydrogen-bond donors (Lipinski definition) is 0. The van der Waals surface area contributed by atoms with E-state index in [9.17, 15) is 4.79 Å². The van der Waals surface area contributed by atoms with E-state index in [2.05, 4.69) is 11.9 Å². The summed E-state index contributed by atoms with van der Waals surface area (Å²) in [4.78, 5) is 17.2. The van der Waals surface area contributed by atoms with Crippen LogP contribution in [0.2, 0.25) is 0 Å². The normalized spacial score (nSPS) is 11.0. The highest BCUT2D eigenvalue weighted by molar-refractivity contribution is 5.76. The molecule has 0 atom stereocenters. The zero-order chi connectivity index (χ0) is 16.6. The number of aromatic nitrogens is 2. The van der Waals surface area contributed by atoms with Crippen molar-refractivity contribution in [2.24, 2.45) is 7.05 Å². The van der Waals surface area contributed by atoms with Gasteiger partial charge in [-0.15, -0.1) is 0 Å². The van der Waals surface area contributed by atoms with Crippen LogP contribution in [0.4, 0.5) is 0 Å². The van der Waals surface area contributed by atoms with Crippen LogP contribution >= 0.6 is 0 Å². The SMILES string of the molecule is COc1ccc(Cc2nc3cc(C)c(C)cc3n(C)c2=O)cc1. The molecule has 0 bridgehead atoms. The molecule has 4 heteroatoms. The van der Waals surface area contributed by atoms with Crippen molar-refractivity contribution in [2.45, 2.75) is 20.3 Å². The second-order valence-electron chi connectivity index (χ2n) is 5.87. The summed E-state index contributed by atoms with van der Waals surface area (Å²) in [6.45, 7) is 4.11. The molecule has 0 aliphatic heterocycles. The Bertz CT molecular complexity index is 925. The summed E-state index contributed by atoms with van der Waals surface area (Å²) in [6, 6.07) is 11.8. The first kappa shape index (κ1) is 15.3. The van der Waals surface area contributed by atoms with Gasteiger partial charge in [-0.2, -0.15) is 0 Å². The molecule has 4 nitrogen and oxygen atoms in total. The average molecular weight is 308 g/mol. The van der Waals surface area contributed by atoms with E-state index in [-0.39, 0.29) is 5.56 Å². The van der Waals surface area contributed by atoms with Gasteiger partial charge in [-0.25, -0.2) is 4.98 Å². The van der Waals surface area contributed by atoms with E-state index in [4.69, 9.17) is 4.74 Å². The Hall–Kier alpha value is -2.62. The molecule has 3 aromatic rings. The smallest absolute Gasteiger partial charge is 0.272 e. The molecule has 3 rings (SSSR count). The largest absolute Gasteiger partial charge is 0.497 e. The van der Waals surface area contributed by atoms with E-state index >= 15 is 0 Å². The van der Waals surface area contributed by atoms with E-state index < -0.39 is 0 Å². The molecule has 0 fully saturated rings. The molecule has 0 aliphatic rings. The minimum Gasteiger partial charge on any atom is -0.497 e. The van der Waals surface area contributed by atoms with Gasteiger partial charge in [-0.1, -0.05) is 12.1 Å². The lowest BCUT2D eigenvalue weighted by Crippen LogP contribution is -2.23. The number of rotatable bonds is 3. The predicted molar refractivity (Wildman–Crippen MR) is 92.3 cm³/mol. The molecule has 1 aromatic heterocycles. The van der Waals surface area contributed by atoms with Gasteiger partial charge in [-0.3, -0.25) is 4.79 Å². The topological polar surface area (TPSA) is 44.1 Å². The van der Waals surface area contributed by atoms with Crippen LogP contribution in [0.25, 0.3) is 11.0 Å². The van der Waals surface area contributed by atoms with Crippen molar-refractivity contribution in [3.63, 3.8) is 0 Å². The zero-order valence-electron chi connectivity index (χ0n) is 13.9. The predicted octanol–water partition coefficient (Wildman–Crippen LogP) is 3.15. The molecule has 23 heavy (non-hydrogen) atoms. The Labute approximate surface area is 135 Å². The first-order valence-electron chi connectivity index (χ1n) is 7.59. The van der Waals surface area contributed by atoms with Crippen molar-refractivity contribution in [1.29, 1.82) is 0 Å². The summed E-state index contributed by atoms with van der Waals surface area (Å²) in [6.07, 6.45) is 0.513. The summed E-state index contributed by atoms with van der Waals surface area (Å²) < 4.78 is 6.85. The summed E-state index contributed by atoms with van der Waals surface area (Å²) in [5.41, 5.74) is 5.63. The van der Waals surface area contributed by atoms with E-state index in [1.807, 2.05) is 43.3 Å². The number of benzene rings is 2. The number of fused-ring (bicyclic) bond motifs is 1. The minimum absolute atomic E-state index is 0.0448. The lowest BCUT2D eigenvalue weighted by Gasteiger charge is -2.10. The van der Waals surface area contributed by atoms with E-state index in [1.165, 1.54) is 5.56 Å². The lowest BCUT2D eigenvalue weighted by molar-refractivity contribution is 0.414. The molecular weight excluding hydrogens is 288 g/mol. The standard InChI is InChI=1S/C19H20N2O2/c1-12-9-16-18(10-13(12)2)21(3)19(22)17(20-16)11-14-5-7-15(23-4)8-6-14/h5-10H,11H2,1-4H3. The third kappa shape index (κ3) is 2.84. The van der Waals surface area contributed by atoms with Crippen LogP contribution in [-0.4, -0.2) is 16.7 Å². The molecule has 0 amide bonds. The minimum atomic E-state index is -0.0448. The Balaban J connectivity index is 2.08. The number of methoxy groups -OCH3 is 1. The van der Waals surface area contributed by atoms with Gasteiger partial charge in [0, 0.05) is 13.5 Å². The highest BCUT2D eigenvalue weighted by Gasteiger charge is 2.10. The molecule has 0 saturated carbocycles. The molecule has 0 N–H and O–H groups in total. The quantitative estimate of drug-likeness (QED) is 0.746. The van der Waals surface area contributed by atoms with Gasteiger partial charge in [0.05, 0.1) is 18.1 Å². The molecule has 118 valence electrons. The van der Waals surface area contributed by atoms with E-state index in [0.29, 0.717) is 12.1 Å². The summed E-state index contributed by atoms with van der Waals surface area (Å²) in [5.74, 6) is 0.805. The van der Waals surface area contributed by atoms with Crippen LogP contribution < -0.4 is 10.3 Å². The van der Waals surface area contributed by atoms with Crippen molar-refractivity contribution in [2.75, 3.05) is 7.11 Å². The fraction of sp³-hybridized carbons (Fsp3) is 0.263. The van der Waals surface area contributed by atoms with Crippen LogP contribution in [0.1, 0.15) is 22.4 Å². The number of ether oxygens (including phenoxy) is 1. The Morgan fingerprint density at radius 3 is 2.39 bits per heavy atom. The average Bonchev–Trinajstić information content (AvgIpc) is 2.55. The van der Waals surface area contributed by atoms with Gasteiger partial charge in [0.2, 0.25) is 0 Å². The molecular formula is C19H20N2O2. The van der Waals surface area contributed by atoms with Gasteiger partial charge in [0.1, 0.15) is 11.4 Å². The number of nitrogens with zero attached hydrogens (tertiary/aromatic N) is 2. The molecule has 0 aliphatic carbocycles. The molecule has 0 unspecified atom stereocenters. The molecule has 0 radical (unpaired) electrons. The Kier molecular flexibility index (Phi) is 3.90. The maximum Gasteiger partial charge on any atom is 0.272 e. The van der Waals surface area contributed by atoms with Crippen molar-refractivity contribution >= 4 is 11.0 Å². The van der Waals surface area contributed by atoms with Crippen LogP contribution in [0.15, 0.2) is 41.2 Å². The first-order valence-corrected chi connectivity index (χ1v) is 7.59. The Morgan fingerprint density at radius 1 is 1.09 bits per heavy atom. The third-order valence-electron chi connectivity index (χ3n) is 4.29. The highest BCUT2D eigenvalue weighted by Crippen LogP contribution is 2.18. The second kappa shape index (κ2) is 5.88. The molecule has 2 aromatic carbocycles. The Morgan fingerprint density at radius 2 is 1.74 bits per heavy atom. The van der Waals surface area contributed by atoms with Crippen molar-refractivity contribution < 1.29 is 4.74 Å². The van der Waals surface area contributed by atoms with Gasteiger partial charge < -0.3 is 9.30 Å². The van der Waals surface area contributed by atoms with Gasteiger partial charge >= 0.3 is 0 Å². The van der Waals surface area contributed by atoms with Crippen LogP contribution in [-0.2, 0) is 13.5 Å². The summed E-state index contributed by atoms with van der Waals surface area (Å²) in [5, 5.41) is 0. The molecule has 0 spiro atoms. The van der Waals surface area contributed by atoms with Crippen molar-refractivity contribution in [3.05, 3.63) is 69.1 Å². The summed E-state index contributed by atoms with van der Waals surface area (Å²) in [7, 11) is 3.44. The number of aryl methyl sites for hydroxylation is 3. The van der Waals surface area contributed by atoms with Crippen LogP contribution in [0, 0.1) is 13.8 Å². The van der Waals surface area contributed by atoms with E-state index in [1.54, 1.807) is 18.7 Å². The maximum absolute atomic E-state index is 12.6. The molecule has 1 heterocycles. The molecule has 0 saturated heterocycles. The van der Waals surface area contributed by atoms with Gasteiger partial charge in [0.25, 0.3) is 5.56 Å². The van der Waals surface area contributed by atoms with Gasteiger partial charge in [0.15, 0.2) is 0 Å². The van der Waals surface area contributed by atoms with Crippen molar-refractivity contribution in [3.8, 4) is 5.75 Å². The fourth-order valence-electron chi connectivity index (χ4n) is 2.69. The van der Waals surface area contributed by atoms with Crippen LogP contribution in [0.5, 0.6) is 5.75 Å². The fourth-order valence-corrected chi connectivity index (χ4v) is 2.69. The maximum atomic E-state index is 12.6. The van der Waals surface area contributed by atoms with E-state index in [0.717, 1.165) is 27.9 Å². The van der Waals surface area contributed by atoms with Crippen molar-refractivity contribution in [1.82, 2.24) is 9.55 Å². The zero-order valence-corrected chi connectivity index (χ0v) is 13.9. The van der Waals surface area contributed by atoms with Crippen LogP contribution in [0.3, 0.4) is 0 Å².